The molecule has 0 radical (unpaired) electrons. The molecule has 0 spiro atoms. The van der Waals surface area contributed by atoms with Gasteiger partial charge in [-0.2, -0.15) is 0 Å². The van der Waals surface area contributed by atoms with Crippen LogP contribution >= 0.6 is 0 Å². The Morgan fingerprint density at radius 3 is 2.42 bits per heavy atom. The normalized spacial score (nSPS) is 14.0. The Balaban J connectivity index is 1.55. The monoisotopic (exact) mass is 486 g/mol. The van der Waals surface area contributed by atoms with E-state index < -0.39 is 11.8 Å². The Labute approximate surface area is 210 Å². The Bertz CT molecular complexity index is 1330. The van der Waals surface area contributed by atoms with Crippen molar-refractivity contribution in [3.63, 3.8) is 0 Å². The number of benzene rings is 2. The number of fused-ring (bicyclic) bond motifs is 2. The summed E-state index contributed by atoms with van der Waals surface area (Å²) in [6, 6.07) is 11.4. The molecule has 2 aromatic rings. The van der Waals surface area contributed by atoms with Gasteiger partial charge in [0.05, 0.1) is 12.2 Å². The van der Waals surface area contributed by atoms with Crippen molar-refractivity contribution in [3.05, 3.63) is 77.6 Å². The van der Waals surface area contributed by atoms with Crippen molar-refractivity contribution < 1.29 is 19.2 Å². The van der Waals surface area contributed by atoms with Gasteiger partial charge in [-0.05, 0) is 60.7 Å². The van der Waals surface area contributed by atoms with Gasteiger partial charge in [0.2, 0.25) is 5.91 Å². The highest BCUT2D eigenvalue weighted by atomic mass is 16.2. The summed E-state index contributed by atoms with van der Waals surface area (Å²) in [5.74, 6) is -1.38. The van der Waals surface area contributed by atoms with Gasteiger partial charge < -0.3 is 15.1 Å². The zero-order valence-electron chi connectivity index (χ0n) is 21.1. The summed E-state index contributed by atoms with van der Waals surface area (Å²) in [6.07, 6.45) is 0.772. The number of hydrogen-bond acceptors (Lipinski definition) is 4. The van der Waals surface area contributed by atoms with Gasteiger partial charge in [0.25, 0.3) is 17.7 Å². The highest BCUT2D eigenvalue weighted by Crippen LogP contribution is 2.37. The van der Waals surface area contributed by atoms with Gasteiger partial charge in [-0.1, -0.05) is 31.4 Å². The van der Waals surface area contributed by atoms with Gasteiger partial charge in [0.1, 0.15) is 5.70 Å². The molecule has 36 heavy (non-hydrogen) atoms. The van der Waals surface area contributed by atoms with Crippen molar-refractivity contribution in [1.29, 1.82) is 0 Å². The second kappa shape index (κ2) is 9.45. The van der Waals surface area contributed by atoms with E-state index in [1.54, 1.807) is 24.9 Å². The second-order valence-corrected chi connectivity index (χ2v) is 9.38. The van der Waals surface area contributed by atoms with Crippen LogP contribution in [0.25, 0.3) is 11.1 Å². The Hall–Kier alpha value is -4.20. The molecule has 4 rings (SSSR count). The molecule has 2 aromatic carbocycles. The fraction of sp³-hybridized carbons (Fsp3) is 0.286. The summed E-state index contributed by atoms with van der Waals surface area (Å²) in [5, 5.41) is 2.48. The quantitative estimate of drug-likeness (QED) is 0.635. The minimum Gasteiger partial charge on any atom is -0.338 e. The van der Waals surface area contributed by atoms with E-state index in [1.165, 1.54) is 9.80 Å². The van der Waals surface area contributed by atoms with Crippen molar-refractivity contribution >= 4 is 29.3 Å². The summed E-state index contributed by atoms with van der Waals surface area (Å²) in [6.45, 7) is 13.6. The first-order chi connectivity index (χ1) is 17.0. The van der Waals surface area contributed by atoms with Gasteiger partial charge in [-0.15, -0.1) is 0 Å². The smallest absolute Gasteiger partial charge is 0.271 e. The van der Waals surface area contributed by atoms with Crippen LogP contribution in [0.3, 0.4) is 0 Å². The molecule has 0 aromatic heterocycles. The Morgan fingerprint density at radius 1 is 1.06 bits per heavy atom. The summed E-state index contributed by atoms with van der Waals surface area (Å²) in [4.78, 5) is 54.9. The number of amides is 4. The lowest BCUT2D eigenvalue weighted by Crippen LogP contribution is -2.41. The molecule has 0 atom stereocenters. The zero-order chi connectivity index (χ0) is 26.3. The van der Waals surface area contributed by atoms with Crippen LogP contribution in [0.4, 0.5) is 5.69 Å². The fourth-order valence-corrected chi connectivity index (χ4v) is 4.55. The first kappa shape index (κ1) is 24.9. The van der Waals surface area contributed by atoms with Gasteiger partial charge in [0, 0.05) is 37.8 Å². The Morgan fingerprint density at radius 2 is 1.75 bits per heavy atom. The van der Waals surface area contributed by atoms with Gasteiger partial charge in [-0.25, -0.2) is 0 Å². The number of carbonyl (C=O) groups excluding carboxylic acids is 4. The van der Waals surface area contributed by atoms with E-state index in [-0.39, 0.29) is 35.8 Å². The summed E-state index contributed by atoms with van der Waals surface area (Å²) in [5.41, 5.74) is 4.98. The first-order valence-electron chi connectivity index (χ1n) is 11.8. The number of nitrogens with zero attached hydrogens (tertiary/aromatic N) is 3. The molecule has 2 heterocycles. The fourth-order valence-electron chi connectivity index (χ4n) is 4.55. The topological polar surface area (TPSA) is 90.0 Å². The van der Waals surface area contributed by atoms with E-state index in [0.29, 0.717) is 12.1 Å². The van der Waals surface area contributed by atoms with Crippen molar-refractivity contribution in [2.24, 2.45) is 0 Å². The van der Waals surface area contributed by atoms with Crippen molar-refractivity contribution in [2.75, 3.05) is 18.5 Å². The van der Waals surface area contributed by atoms with E-state index >= 15 is 0 Å². The molecule has 0 fully saturated rings. The maximum Gasteiger partial charge on any atom is 0.271 e. The largest absolute Gasteiger partial charge is 0.338 e. The molecule has 0 saturated carbocycles. The molecule has 0 unspecified atom stereocenters. The number of hydrogen-bond donors (Lipinski definition) is 1. The standard InChI is InChI=1S/C28H30N4O4/c1-16(2)30(6)27(35)17(3)29-26(34)18(4)32-15-24-22(8-7-9-23(24)28(32)36)20-10-11-25-21(14-20)12-13-31(25)19(5)33/h7-11,14,16H,3-4,12-13,15H2,1-2,5-6H3,(H,29,34). The lowest BCUT2D eigenvalue weighted by molar-refractivity contribution is -0.129. The van der Waals surface area contributed by atoms with Crippen LogP contribution in [0.2, 0.25) is 0 Å². The maximum atomic E-state index is 13.2. The molecule has 0 saturated heterocycles. The number of anilines is 1. The molecule has 2 aliphatic rings. The molecule has 186 valence electrons. The van der Waals surface area contributed by atoms with Crippen LogP contribution < -0.4 is 10.2 Å². The third kappa shape index (κ3) is 4.30. The van der Waals surface area contributed by atoms with Crippen molar-refractivity contribution in [3.8, 4) is 11.1 Å². The summed E-state index contributed by atoms with van der Waals surface area (Å²) < 4.78 is 0. The molecule has 2 aliphatic heterocycles. The van der Waals surface area contributed by atoms with Crippen LogP contribution in [-0.2, 0) is 27.3 Å². The van der Waals surface area contributed by atoms with Crippen LogP contribution in [-0.4, -0.2) is 53.1 Å². The van der Waals surface area contributed by atoms with Crippen molar-refractivity contribution in [1.82, 2.24) is 15.1 Å². The molecule has 4 amide bonds. The lowest BCUT2D eigenvalue weighted by atomic mass is 9.95. The van der Waals surface area contributed by atoms with Gasteiger partial charge in [0.15, 0.2) is 0 Å². The maximum absolute atomic E-state index is 13.2. The molecule has 1 N–H and O–H groups in total. The lowest BCUT2D eigenvalue weighted by Gasteiger charge is -2.23. The molecular weight excluding hydrogens is 456 g/mol. The zero-order valence-corrected chi connectivity index (χ0v) is 21.1. The first-order valence-corrected chi connectivity index (χ1v) is 11.8. The number of carbonyl (C=O) groups is 4. The molecule has 0 bridgehead atoms. The molecule has 8 heteroatoms. The highest BCUT2D eigenvalue weighted by molar-refractivity contribution is 6.08. The third-order valence-electron chi connectivity index (χ3n) is 6.84. The SMILES string of the molecule is C=C(NC(=O)C(=C)N1Cc2c(cccc2-c2ccc3c(c2)CCN3C(C)=O)C1=O)C(=O)N(C)C(C)C. The molecular formula is C28H30N4O4. The minimum absolute atomic E-state index is 0.0142. The Kier molecular flexibility index (Phi) is 6.54. The van der Waals surface area contributed by atoms with Gasteiger partial charge >= 0.3 is 0 Å². The third-order valence-corrected chi connectivity index (χ3v) is 6.84. The van der Waals surface area contributed by atoms with E-state index in [4.69, 9.17) is 0 Å². The average Bonchev–Trinajstić information content (AvgIpc) is 3.43. The molecule has 8 nitrogen and oxygen atoms in total. The highest BCUT2D eigenvalue weighted by Gasteiger charge is 2.34. The van der Waals surface area contributed by atoms with E-state index in [0.717, 1.165) is 34.4 Å². The molecule has 0 aliphatic carbocycles. The number of rotatable bonds is 6. The van der Waals surface area contributed by atoms with Crippen LogP contribution in [0.15, 0.2) is 61.0 Å². The summed E-state index contributed by atoms with van der Waals surface area (Å²) in [7, 11) is 1.62. The number of likely N-dealkylation sites (N-methyl/N-ethyl adjacent to an activating group) is 1. The predicted octanol–water partition coefficient (Wildman–Crippen LogP) is 3.23. The summed E-state index contributed by atoms with van der Waals surface area (Å²) >= 11 is 0. The van der Waals surface area contributed by atoms with Crippen LogP contribution in [0.1, 0.15) is 42.3 Å². The minimum atomic E-state index is -0.657. The van der Waals surface area contributed by atoms with Crippen LogP contribution in [0.5, 0.6) is 0 Å². The van der Waals surface area contributed by atoms with Crippen molar-refractivity contribution in [2.45, 2.75) is 39.8 Å². The predicted molar refractivity (Wildman–Crippen MR) is 138 cm³/mol. The number of nitrogens with one attached hydrogen (secondary N) is 1. The van der Waals surface area contributed by atoms with E-state index in [2.05, 4.69) is 24.5 Å². The van der Waals surface area contributed by atoms with E-state index in [1.807, 2.05) is 38.1 Å². The van der Waals surface area contributed by atoms with Crippen LogP contribution in [0, 0.1) is 0 Å². The van der Waals surface area contributed by atoms with E-state index in [9.17, 15) is 19.2 Å². The second-order valence-electron chi connectivity index (χ2n) is 9.38. The average molecular weight is 487 g/mol. The van der Waals surface area contributed by atoms with Gasteiger partial charge in [-0.3, -0.25) is 24.1 Å².